The van der Waals surface area contributed by atoms with Crippen LogP contribution in [0.3, 0.4) is 0 Å². The fourth-order valence-corrected chi connectivity index (χ4v) is 11.5. The number of rotatable bonds is 6. The summed E-state index contributed by atoms with van der Waals surface area (Å²) in [4.78, 5) is 53.6. The highest BCUT2D eigenvalue weighted by Gasteiger charge is 2.92. The van der Waals surface area contributed by atoms with Crippen molar-refractivity contribution in [1.82, 2.24) is 0 Å². The monoisotopic (exact) mass is 658 g/mol. The topological polar surface area (TPSA) is 171 Å². The van der Waals surface area contributed by atoms with E-state index >= 15 is 4.79 Å². The van der Waals surface area contributed by atoms with Crippen molar-refractivity contribution in [1.29, 1.82) is 0 Å². The Labute approximate surface area is 273 Å². The molecule has 3 heterocycles. The third-order valence-electron chi connectivity index (χ3n) is 13.8. The molecule has 15 atom stereocenters. The zero-order valence-electron chi connectivity index (χ0n) is 28.0. The minimum Gasteiger partial charge on any atom is -0.472 e. The number of hydrogen-bond donors (Lipinski definition) is 2. The number of ketones is 1. The van der Waals surface area contributed by atoms with E-state index in [1.165, 1.54) is 13.8 Å². The van der Waals surface area contributed by atoms with Crippen molar-refractivity contribution in [2.75, 3.05) is 6.61 Å². The Hall–Kier alpha value is -2.80. The van der Waals surface area contributed by atoms with Crippen LogP contribution in [0.25, 0.3) is 0 Å². The highest BCUT2D eigenvalue weighted by Crippen LogP contribution is 2.83. The van der Waals surface area contributed by atoms with Crippen LogP contribution in [-0.4, -0.2) is 82.9 Å². The average Bonchev–Trinajstić information content (AvgIpc) is 3.36. The maximum Gasteiger partial charge on any atom is 0.310 e. The van der Waals surface area contributed by atoms with Gasteiger partial charge in [-0.25, -0.2) is 0 Å². The van der Waals surface area contributed by atoms with Crippen molar-refractivity contribution in [2.45, 2.75) is 122 Å². The van der Waals surface area contributed by atoms with Gasteiger partial charge >= 0.3 is 17.9 Å². The summed E-state index contributed by atoms with van der Waals surface area (Å²) in [5, 5.41) is 24.7. The molecule has 2 aliphatic heterocycles. The fourth-order valence-electron chi connectivity index (χ4n) is 11.5. The molecule has 2 N–H and O–H groups in total. The summed E-state index contributed by atoms with van der Waals surface area (Å²) in [6.45, 7) is 11.5. The number of carbonyl (C=O) groups excluding carboxylic acids is 4. The summed E-state index contributed by atoms with van der Waals surface area (Å²) < 4.78 is 36.3. The van der Waals surface area contributed by atoms with E-state index in [1.807, 2.05) is 26.8 Å². The van der Waals surface area contributed by atoms with Gasteiger partial charge in [0.25, 0.3) is 0 Å². The Bertz CT molecular complexity index is 1490. The van der Waals surface area contributed by atoms with E-state index < -0.39 is 99.4 Å². The highest BCUT2D eigenvalue weighted by molar-refractivity contribution is 5.93. The van der Waals surface area contributed by atoms with Crippen molar-refractivity contribution in [3.8, 4) is 0 Å². The molecular formula is C35H46O12. The summed E-state index contributed by atoms with van der Waals surface area (Å²) in [6.07, 6.45) is -1.82. The minimum atomic E-state index is -1.32. The zero-order valence-corrected chi connectivity index (χ0v) is 28.0. The Kier molecular flexibility index (Phi) is 7.21. The molecule has 0 unspecified atom stereocenters. The molecule has 0 aromatic carbocycles. The van der Waals surface area contributed by atoms with E-state index in [-0.39, 0.29) is 31.5 Å². The molecule has 12 heteroatoms. The first-order chi connectivity index (χ1) is 22.1. The molecule has 1 aromatic heterocycles. The molecule has 1 aromatic rings. The molecule has 12 nitrogen and oxygen atoms in total. The lowest BCUT2D eigenvalue weighted by Crippen LogP contribution is -2.82. The maximum absolute atomic E-state index is 15.3. The van der Waals surface area contributed by atoms with Crippen LogP contribution in [0.5, 0.6) is 0 Å². The van der Waals surface area contributed by atoms with E-state index in [0.29, 0.717) is 12.8 Å². The zero-order chi connectivity index (χ0) is 34.1. The Morgan fingerprint density at radius 3 is 2.32 bits per heavy atom. The molecule has 1 spiro atoms. The second kappa shape index (κ2) is 10.4. The van der Waals surface area contributed by atoms with Crippen LogP contribution in [0, 0.1) is 39.4 Å². The Balaban J connectivity index is 1.40. The molecule has 4 aliphatic carbocycles. The lowest BCUT2D eigenvalue weighted by Gasteiger charge is -2.73. The van der Waals surface area contributed by atoms with Crippen LogP contribution in [0.2, 0.25) is 0 Å². The number of esters is 3. The van der Waals surface area contributed by atoms with E-state index in [4.69, 9.17) is 28.1 Å². The summed E-state index contributed by atoms with van der Waals surface area (Å²) in [6, 6.07) is 1.84. The normalized spacial score (nSPS) is 49.8. The van der Waals surface area contributed by atoms with Crippen LogP contribution in [0.1, 0.15) is 85.6 Å². The highest BCUT2D eigenvalue weighted by atomic mass is 16.7. The number of aliphatic hydroxyl groups excluding tert-OH is 2. The van der Waals surface area contributed by atoms with E-state index in [9.17, 15) is 24.6 Å². The second-order valence-electron chi connectivity index (χ2n) is 15.6. The number of carbonyl (C=O) groups is 4. The quantitative estimate of drug-likeness (QED) is 0.260. The van der Waals surface area contributed by atoms with Crippen LogP contribution in [0.15, 0.2) is 23.0 Å². The van der Waals surface area contributed by atoms with Gasteiger partial charge in [-0.05, 0) is 43.7 Å². The van der Waals surface area contributed by atoms with Crippen LogP contribution in [0.4, 0.5) is 0 Å². The van der Waals surface area contributed by atoms with Gasteiger partial charge < -0.3 is 38.3 Å². The summed E-state index contributed by atoms with van der Waals surface area (Å²) >= 11 is 0. The predicted molar refractivity (Wildman–Crippen MR) is 160 cm³/mol. The van der Waals surface area contributed by atoms with Crippen molar-refractivity contribution in [2.24, 2.45) is 39.4 Å². The average molecular weight is 659 g/mol. The van der Waals surface area contributed by atoms with E-state index in [0.717, 1.165) is 5.56 Å². The first-order valence-corrected chi connectivity index (χ1v) is 16.8. The van der Waals surface area contributed by atoms with Gasteiger partial charge in [0.2, 0.25) is 6.29 Å². The largest absolute Gasteiger partial charge is 0.472 e. The van der Waals surface area contributed by atoms with Crippen LogP contribution >= 0.6 is 0 Å². The third kappa shape index (κ3) is 3.78. The maximum atomic E-state index is 15.3. The van der Waals surface area contributed by atoms with Gasteiger partial charge in [-0.15, -0.1) is 0 Å². The number of hydrogen-bond acceptors (Lipinski definition) is 12. The smallest absolute Gasteiger partial charge is 0.310 e. The second-order valence-corrected chi connectivity index (χ2v) is 15.6. The van der Waals surface area contributed by atoms with Gasteiger partial charge in [0.15, 0.2) is 11.9 Å². The summed E-state index contributed by atoms with van der Waals surface area (Å²) in [5.41, 5.74) is -5.14. The van der Waals surface area contributed by atoms with Crippen LogP contribution in [-0.2, 0) is 42.9 Å². The molecule has 2 bridgehead atoms. The molecule has 6 fully saturated rings. The van der Waals surface area contributed by atoms with Crippen LogP contribution < -0.4 is 0 Å². The van der Waals surface area contributed by atoms with Crippen molar-refractivity contribution >= 4 is 23.7 Å². The molecule has 47 heavy (non-hydrogen) atoms. The molecule has 4 saturated carbocycles. The molecule has 6 aliphatic rings. The fraction of sp³-hybridized carbons (Fsp3) is 0.771. The lowest BCUT2D eigenvalue weighted by molar-refractivity contribution is -0.374. The number of epoxide rings is 1. The summed E-state index contributed by atoms with van der Waals surface area (Å²) in [5.74, 6) is -4.62. The summed E-state index contributed by atoms with van der Waals surface area (Å²) in [7, 11) is 0. The molecule has 2 saturated heterocycles. The third-order valence-corrected chi connectivity index (χ3v) is 13.8. The molecule has 0 radical (unpaired) electrons. The van der Waals surface area contributed by atoms with Crippen molar-refractivity contribution < 1.29 is 57.5 Å². The standard InChI is InChI=1S/C35H46O12/c1-8-16(2)29(41)46-30-31(5)21-12-22(38)33(7)27(34(21,15-43-30)23(39)13-24(31)44-17(3)36)26(40)28(45-18(4)37)32(6)20(19-9-10-42-14-19)11-25-35(32,33)47-25/h9-10,14,16,20-25,27-28,30,38-39H,8,11-13,15H2,1-7H3/t16-,20+,21+,22-,23+,24-,25-,27+,28+,30+,31-,32-,33-,34-,35-/m1/s1. The number of aliphatic hydroxyl groups is 2. The molecule has 0 amide bonds. The first-order valence-electron chi connectivity index (χ1n) is 16.8. The van der Waals surface area contributed by atoms with Gasteiger partial charge in [0.05, 0.1) is 54.2 Å². The van der Waals surface area contributed by atoms with E-state index in [1.54, 1.807) is 26.4 Å². The Morgan fingerprint density at radius 1 is 1.00 bits per heavy atom. The van der Waals surface area contributed by atoms with Gasteiger partial charge in [0.1, 0.15) is 11.7 Å². The lowest BCUT2D eigenvalue weighted by atomic mass is 9.33. The van der Waals surface area contributed by atoms with Gasteiger partial charge in [-0.1, -0.05) is 27.7 Å². The molecular weight excluding hydrogens is 612 g/mol. The van der Waals surface area contributed by atoms with Crippen molar-refractivity contribution in [3.63, 3.8) is 0 Å². The number of ether oxygens (including phenoxy) is 5. The first kappa shape index (κ1) is 32.7. The SMILES string of the molecule is CC[C@@H](C)C(=O)O[C@@H]1OC[C@@]23[C@H]4C(=O)[C@H](OC(C)=O)[C@@]5(C)[C@H](c6ccoc6)C[C@H]6O[C@]65[C@]4(C)[C@H](O)C[C@H]2[C@]1(C)[C@H](OC(C)=O)C[C@@H]3O. The Morgan fingerprint density at radius 2 is 1.70 bits per heavy atom. The number of furan rings is 1. The van der Waals surface area contributed by atoms with Gasteiger partial charge in [-0.2, -0.15) is 0 Å². The molecule has 7 rings (SSSR count). The number of Topliss-reactive ketones (excluding diaryl/α,β-unsaturated/α-hetero) is 1. The van der Waals surface area contributed by atoms with Gasteiger partial charge in [-0.3, -0.25) is 19.2 Å². The minimum absolute atomic E-state index is 0.0479. The number of fused-ring (bicyclic) bond motifs is 1. The predicted octanol–water partition coefficient (Wildman–Crippen LogP) is 3.06. The van der Waals surface area contributed by atoms with Gasteiger partial charge in [0, 0.05) is 42.9 Å². The van der Waals surface area contributed by atoms with Crippen molar-refractivity contribution in [3.05, 3.63) is 24.2 Å². The molecule has 258 valence electrons. The van der Waals surface area contributed by atoms with E-state index in [2.05, 4.69) is 0 Å².